The van der Waals surface area contributed by atoms with Gasteiger partial charge in [0.15, 0.2) is 5.58 Å². The molecule has 2 aromatic rings. The molecule has 9 heteroatoms. The van der Waals surface area contributed by atoms with Crippen molar-refractivity contribution in [1.82, 2.24) is 13.8 Å². The van der Waals surface area contributed by atoms with Crippen LogP contribution in [-0.2, 0) is 21.4 Å². The van der Waals surface area contributed by atoms with Gasteiger partial charge in [-0.3, -0.25) is 9.36 Å². The molecule has 0 N–H and O–H groups in total. The number of carbonyl (C=O) groups excluding carboxylic acids is 1. The van der Waals surface area contributed by atoms with Crippen LogP contribution in [0, 0.1) is 6.92 Å². The first-order valence-electron chi connectivity index (χ1n) is 7.58. The quantitative estimate of drug-likeness (QED) is 0.775. The molecule has 24 heavy (non-hydrogen) atoms. The lowest BCUT2D eigenvalue weighted by molar-refractivity contribution is -0.133. The van der Waals surface area contributed by atoms with Gasteiger partial charge in [0.2, 0.25) is 15.9 Å². The number of nitrogens with zero attached hydrogens (tertiary/aromatic N) is 3. The zero-order valence-electron chi connectivity index (χ0n) is 13.6. The van der Waals surface area contributed by atoms with Crippen molar-refractivity contribution in [1.29, 1.82) is 0 Å². The summed E-state index contributed by atoms with van der Waals surface area (Å²) in [5.74, 6) is -0.798. The predicted molar refractivity (Wildman–Crippen MR) is 88.2 cm³/mol. The number of aryl methyl sites for hydroxylation is 1. The smallest absolute Gasteiger partial charge is 0.408 e. The van der Waals surface area contributed by atoms with Gasteiger partial charge in [0.25, 0.3) is 0 Å². The number of aromatic nitrogens is 1. The fraction of sp³-hybridized carbons (Fsp3) is 0.467. The van der Waals surface area contributed by atoms with E-state index in [2.05, 4.69) is 0 Å². The van der Waals surface area contributed by atoms with Crippen molar-refractivity contribution in [3.05, 3.63) is 34.3 Å². The Kier molecular flexibility index (Phi) is 4.22. The van der Waals surface area contributed by atoms with Crippen molar-refractivity contribution in [3.63, 3.8) is 0 Å². The van der Waals surface area contributed by atoms with Crippen LogP contribution in [0.1, 0.15) is 5.56 Å². The van der Waals surface area contributed by atoms with Gasteiger partial charge in [-0.1, -0.05) is 6.07 Å². The van der Waals surface area contributed by atoms with Gasteiger partial charge in [-0.25, -0.2) is 13.2 Å². The number of sulfonamides is 1. The zero-order chi connectivity index (χ0) is 17.5. The summed E-state index contributed by atoms with van der Waals surface area (Å²) < 4.78 is 30.8. The first kappa shape index (κ1) is 16.7. The molecule has 8 nitrogen and oxygen atoms in total. The summed E-state index contributed by atoms with van der Waals surface area (Å²) in [4.78, 5) is 26.0. The maximum atomic E-state index is 12.5. The molecule has 1 aromatic carbocycles. The molecule has 1 aliphatic heterocycles. The normalized spacial score (nSPS) is 16.7. The SMILES string of the molecule is Cc1ccc2oc(=O)n(CC(=O)N3CCN(S(C)(=O)=O)CC3)c2c1. The van der Waals surface area contributed by atoms with Crippen LogP contribution >= 0.6 is 0 Å². The molecule has 0 unspecified atom stereocenters. The third-order valence-electron chi connectivity index (χ3n) is 4.18. The highest BCUT2D eigenvalue weighted by atomic mass is 32.2. The van der Waals surface area contributed by atoms with E-state index in [4.69, 9.17) is 4.42 Å². The van der Waals surface area contributed by atoms with Crippen LogP contribution in [0.25, 0.3) is 11.1 Å². The Labute approximate surface area is 139 Å². The third kappa shape index (κ3) is 3.22. The number of hydrogen-bond donors (Lipinski definition) is 0. The molecule has 0 spiro atoms. The summed E-state index contributed by atoms with van der Waals surface area (Å²) in [5.41, 5.74) is 2.00. The number of carbonyl (C=O) groups is 1. The minimum Gasteiger partial charge on any atom is -0.408 e. The summed E-state index contributed by atoms with van der Waals surface area (Å²) >= 11 is 0. The van der Waals surface area contributed by atoms with E-state index >= 15 is 0 Å². The fourth-order valence-corrected chi connectivity index (χ4v) is 3.65. The molecule has 1 aliphatic rings. The zero-order valence-corrected chi connectivity index (χ0v) is 14.4. The summed E-state index contributed by atoms with van der Waals surface area (Å²) in [6.45, 7) is 2.95. The molecular weight excluding hydrogens is 334 g/mol. The van der Waals surface area contributed by atoms with Crippen molar-refractivity contribution < 1.29 is 17.6 Å². The van der Waals surface area contributed by atoms with Gasteiger partial charge >= 0.3 is 5.76 Å². The highest BCUT2D eigenvalue weighted by Crippen LogP contribution is 2.15. The Morgan fingerprint density at radius 3 is 2.50 bits per heavy atom. The van der Waals surface area contributed by atoms with E-state index in [-0.39, 0.29) is 25.5 Å². The van der Waals surface area contributed by atoms with Crippen molar-refractivity contribution in [2.75, 3.05) is 32.4 Å². The molecule has 0 bridgehead atoms. The number of oxazole rings is 1. The van der Waals surface area contributed by atoms with Crippen LogP contribution in [0.3, 0.4) is 0 Å². The summed E-state index contributed by atoms with van der Waals surface area (Å²) in [6.07, 6.45) is 1.16. The van der Waals surface area contributed by atoms with E-state index in [1.165, 1.54) is 8.87 Å². The fourth-order valence-electron chi connectivity index (χ4n) is 2.83. The largest absolute Gasteiger partial charge is 0.420 e. The van der Waals surface area contributed by atoms with E-state index in [0.29, 0.717) is 24.2 Å². The van der Waals surface area contributed by atoms with Crippen LogP contribution < -0.4 is 5.76 Å². The minimum atomic E-state index is -3.24. The minimum absolute atomic E-state index is 0.117. The second-order valence-corrected chi connectivity index (χ2v) is 7.95. The number of rotatable bonds is 3. The second-order valence-electron chi connectivity index (χ2n) is 5.97. The first-order valence-corrected chi connectivity index (χ1v) is 9.43. The molecule has 3 rings (SSSR count). The summed E-state index contributed by atoms with van der Waals surface area (Å²) in [5, 5.41) is 0. The topological polar surface area (TPSA) is 92.8 Å². The van der Waals surface area contributed by atoms with Crippen molar-refractivity contribution in [2.45, 2.75) is 13.5 Å². The standard InChI is InChI=1S/C15H19N3O5S/c1-11-3-4-13-12(9-11)18(15(20)23-13)10-14(19)16-5-7-17(8-6-16)24(2,21)22/h3-4,9H,5-8,10H2,1-2H3. The maximum absolute atomic E-state index is 12.5. The van der Waals surface area contributed by atoms with Gasteiger partial charge in [0.1, 0.15) is 6.54 Å². The van der Waals surface area contributed by atoms with Gasteiger partial charge < -0.3 is 9.32 Å². The van der Waals surface area contributed by atoms with Crippen molar-refractivity contribution >= 4 is 27.0 Å². The van der Waals surface area contributed by atoms with Crippen LogP contribution in [-0.4, -0.2) is 60.5 Å². The predicted octanol–water partition coefficient (Wildman–Crippen LogP) is 0.00672. The number of amides is 1. The molecular formula is C15H19N3O5S. The summed E-state index contributed by atoms with van der Waals surface area (Å²) in [6, 6.07) is 5.34. The molecule has 2 heterocycles. The van der Waals surface area contributed by atoms with Gasteiger partial charge in [0.05, 0.1) is 11.8 Å². The van der Waals surface area contributed by atoms with Gasteiger partial charge in [-0.15, -0.1) is 0 Å². The molecule has 1 aromatic heterocycles. The molecule has 1 saturated heterocycles. The average Bonchev–Trinajstić information content (AvgIpc) is 2.82. The Hall–Kier alpha value is -2.13. The van der Waals surface area contributed by atoms with Gasteiger partial charge in [0, 0.05) is 26.2 Å². The molecule has 0 aliphatic carbocycles. The number of hydrogen-bond acceptors (Lipinski definition) is 5. The van der Waals surface area contributed by atoms with Crippen LogP contribution in [0.5, 0.6) is 0 Å². The number of benzene rings is 1. The van der Waals surface area contributed by atoms with Crippen LogP contribution in [0.4, 0.5) is 0 Å². The molecule has 0 atom stereocenters. The van der Waals surface area contributed by atoms with Crippen molar-refractivity contribution in [2.24, 2.45) is 0 Å². The van der Waals surface area contributed by atoms with Gasteiger partial charge in [-0.05, 0) is 24.6 Å². The lowest BCUT2D eigenvalue weighted by Crippen LogP contribution is -2.51. The van der Waals surface area contributed by atoms with E-state index < -0.39 is 15.8 Å². The van der Waals surface area contributed by atoms with Crippen LogP contribution in [0.2, 0.25) is 0 Å². The van der Waals surface area contributed by atoms with Crippen molar-refractivity contribution in [3.8, 4) is 0 Å². The maximum Gasteiger partial charge on any atom is 0.420 e. The Bertz CT molecular complexity index is 936. The Morgan fingerprint density at radius 1 is 1.21 bits per heavy atom. The highest BCUT2D eigenvalue weighted by Gasteiger charge is 2.26. The molecule has 1 fully saturated rings. The molecule has 0 saturated carbocycles. The Morgan fingerprint density at radius 2 is 1.88 bits per heavy atom. The second kappa shape index (κ2) is 6.06. The van der Waals surface area contributed by atoms with Gasteiger partial charge in [-0.2, -0.15) is 4.31 Å². The monoisotopic (exact) mass is 353 g/mol. The lowest BCUT2D eigenvalue weighted by atomic mass is 10.2. The Balaban J connectivity index is 1.76. The first-order chi connectivity index (χ1) is 11.3. The van der Waals surface area contributed by atoms with E-state index in [0.717, 1.165) is 11.8 Å². The molecule has 130 valence electrons. The van der Waals surface area contributed by atoms with E-state index in [9.17, 15) is 18.0 Å². The number of fused-ring (bicyclic) bond motifs is 1. The summed E-state index contributed by atoms with van der Waals surface area (Å²) in [7, 11) is -3.24. The van der Waals surface area contributed by atoms with Crippen LogP contribution in [0.15, 0.2) is 27.4 Å². The molecule has 0 radical (unpaired) electrons. The third-order valence-corrected chi connectivity index (χ3v) is 5.48. The molecule has 1 amide bonds. The highest BCUT2D eigenvalue weighted by molar-refractivity contribution is 7.88. The average molecular weight is 353 g/mol. The van der Waals surface area contributed by atoms with E-state index in [1.807, 2.05) is 13.0 Å². The lowest BCUT2D eigenvalue weighted by Gasteiger charge is -2.33. The van der Waals surface area contributed by atoms with E-state index in [1.54, 1.807) is 17.0 Å². The number of piperazine rings is 1.